The van der Waals surface area contributed by atoms with Gasteiger partial charge in [-0.15, -0.1) is 0 Å². The number of aromatic nitrogens is 1. The summed E-state index contributed by atoms with van der Waals surface area (Å²) in [4.78, 5) is 4.16. The van der Waals surface area contributed by atoms with Gasteiger partial charge in [-0.2, -0.15) is 0 Å². The van der Waals surface area contributed by atoms with Gasteiger partial charge in [0, 0.05) is 13.2 Å². The van der Waals surface area contributed by atoms with E-state index < -0.39 is 0 Å². The summed E-state index contributed by atoms with van der Waals surface area (Å²) in [6.07, 6.45) is 2.95. The number of hydrogen-bond acceptors (Lipinski definition) is 2. The molecule has 68 valence electrons. The van der Waals surface area contributed by atoms with Crippen LogP contribution in [0.4, 0.5) is 5.82 Å². The van der Waals surface area contributed by atoms with Crippen molar-refractivity contribution in [1.29, 1.82) is 0 Å². The van der Waals surface area contributed by atoms with E-state index in [4.69, 9.17) is 0 Å². The smallest absolute Gasteiger partial charge is 0.125 e. The number of aryl methyl sites for hydroxylation is 1. The van der Waals surface area contributed by atoms with E-state index in [2.05, 4.69) is 23.3 Å². The summed E-state index contributed by atoms with van der Waals surface area (Å²) in [5, 5.41) is 2.97. The van der Waals surface area contributed by atoms with E-state index in [-0.39, 0.29) is 0 Å². The second-order valence-corrected chi connectivity index (χ2v) is 2.16. The molecule has 0 fully saturated rings. The molecule has 0 aliphatic rings. The lowest BCUT2D eigenvalue weighted by molar-refractivity contribution is 1.10. The second kappa shape index (κ2) is 6.65. The van der Waals surface area contributed by atoms with Crippen molar-refractivity contribution in [3.63, 3.8) is 0 Å². The van der Waals surface area contributed by atoms with Gasteiger partial charge in [-0.05, 0) is 18.1 Å². The lowest BCUT2D eigenvalue weighted by atomic mass is 10.2. The molecule has 0 saturated carbocycles. The number of nitrogens with zero attached hydrogens (tertiary/aromatic N) is 1. The van der Waals surface area contributed by atoms with Crippen LogP contribution in [0.2, 0.25) is 0 Å². The summed E-state index contributed by atoms with van der Waals surface area (Å²) in [6, 6.07) is 4.07. The molecule has 0 saturated heterocycles. The van der Waals surface area contributed by atoms with Crippen molar-refractivity contribution < 1.29 is 0 Å². The molecular weight excluding hydrogens is 148 g/mol. The first-order valence-electron chi connectivity index (χ1n) is 4.49. The Morgan fingerprint density at radius 3 is 2.33 bits per heavy atom. The Kier molecular flexibility index (Phi) is 6.07. The fraction of sp³-hybridized carbons (Fsp3) is 0.500. The Balaban J connectivity index is 0.000000561. The van der Waals surface area contributed by atoms with Gasteiger partial charge in [0.05, 0.1) is 0 Å². The van der Waals surface area contributed by atoms with E-state index in [9.17, 15) is 0 Å². The molecule has 12 heavy (non-hydrogen) atoms. The van der Waals surface area contributed by atoms with Crippen molar-refractivity contribution in [2.45, 2.75) is 27.2 Å². The quantitative estimate of drug-likeness (QED) is 0.730. The zero-order valence-corrected chi connectivity index (χ0v) is 8.39. The molecule has 0 unspecified atom stereocenters. The molecule has 1 aromatic rings. The van der Waals surface area contributed by atoms with Crippen LogP contribution in [0.15, 0.2) is 18.3 Å². The van der Waals surface area contributed by atoms with E-state index in [1.807, 2.05) is 33.2 Å². The monoisotopic (exact) mass is 166 g/mol. The first kappa shape index (κ1) is 11.0. The minimum absolute atomic E-state index is 0.928. The molecule has 0 atom stereocenters. The molecule has 1 N–H and O–H groups in total. The third kappa shape index (κ3) is 3.37. The van der Waals surface area contributed by atoms with Gasteiger partial charge in [0.1, 0.15) is 5.82 Å². The highest BCUT2D eigenvalue weighted by atomic mass is 14.9. The standard InChI is InChI=1S/C8H12N2.C2H6/c1-3-7-4-5-8(9-2)10-6-7;1-2/h4-6H,3H2,1-2H3,(H,9,10);1-2H3. The Morgan fingerprint density at radius 2 is 2.00 bits per heavy atom. The summed E-state index contributed by atoms with van der Waals surface area (Å²) in [6.45, 7) is 6.12. The van der Waals surface area contributed by atoms with Gasteiger partial charge in [-0.3, -0.25) is 0 Å². The van der Waals surface area contributed by atoms with Gasteiger partial charge < -0.3 is 5.32 Å². The van der Waals surface area contributed by atoms with Crippen LogP contribution in [-0.2, 0) is 6.42 Å². The minimum Gasteiger partial charge on any atom is -0.373 e. The molecule has 1 rings (SSSR count). The molecule has 1 heterocycles. The van der Waals surface area contributed by atoms with E-state index in [1.54, 1.807) is 0 Å². The Morgan fingerprint density at radius 1 is 1.33 bits per heavy atom. The van der Waals surface area contributed by atoms with E-state index in [0.717, 1.165) is 12.2 Å². The maximum atomic E-state index is 4.16. The molecule has 0 amide bonds. The van der Waals surface area contributed by atoms with Crippen molar-refractivity contribution in [2.75, 3.05) is 12.4 Å². The van der Waals surface area contributed by atoms with Crippen molar-refractivity contribution in [2.24, 2.45) is 0 Å². The Labute approximate surface area is 75.0 Å². The summed E-state index contributed by atoms with van der Waals surface area (Å²) >= 11 is 0. The highest BCUT2D eigenvalue weighted by Gasteiger charge is 1.89. The van der Waals surface area contributed by atoms with Crippen molar-refractivity contribution in [3.8, 4) is 0 Å². The van der Waals surface area contributed by atoms with Crippen LogP contribution in [0, 0.1) is 0 Å². The summed E-state index contributed by atoms with van der Waals surface area (Å²) in [5.41, 5.74) is 1.28. The Hall–Kier alpha value is -1.05. The minimum atomic E-state index is 0.928. The van der Waals surface area contributed by atoms with Crippen LogP contribution in [0.5, 0.6) is 0 Å². The molecule has 0 bridgehead atoms. The van der Waals surface area contributed by atoms with Crippen molar-refractivity contribution in [3.05, 3.63) is 23.9 Å². The topological polar surface area (TPSA) is 24.9 Å². The first-order valence-corrected chi connectivity index (χ1v) is 4.49. The fourth-order valence-electron chi connectivity index (χ4n) is 0.782. The highest BCUT2D eigenvalue weighted by Crippen LogP contribution is 2.03. The van der Waals surface area contributed by atoms with Gasteiger partial charge in [0.25, 0.3) is 0 Å². The summed E-state index contributed by atoms with van der Waals surface area (Å²) in [5.74, 6) is 0.928. The number of nitrogens with one attached hydrogen (secondary N) is 1. The number of pyridine rings is 1. The number of anilines is 1. The van der Waals surface area contributed by atoms with Gasteiger partial charge in [-0.1, -0.05) is 26.8 Å². The predicted octanol–water partition coefficient (Wildman–Crippen LogP) is 2.71. The molecule has 2 nitrogen and oxygen atoms in total. The largest absolute Gasteiger partial charge is 0.373 e. The van der Waals surface area contributed by atoms with Crippen LogP contribution in [0.1, 0.15) is 26.3 Å². The lowest BCUT2D eigenvalue weighted by Gasteiger charge is -1.98. The van der Waals surface area contributed by atoms with Crippen LogP contribution in [0.3, 0.4) is 0 Å². The average Bonchev–Trinajstić information content (AvgIpc) is 2.21. The van der Waals surface area contributed by atoms with Gasteiger partial charge in [0.2, 0.25) is 0 Å². The molecule has 0 spiro atoms. The first-order chi connectivity index (χ1) is 5.86. The fourth-order valence-corrected chi connectivity index (χ4v) is 0.782. The number of rotatable bonds is 2. The SMILES string of the molecule is CC.CCc1ccc(NC)nc1. The molecular formula is C10H18N2. The van der Waals surface area contributed by atoms with E-state index >= 15 is 0 Å². The van der Waals surface area contributed by atoms with E-state index in [1.165, 1.54) is 5.56 Å². The molecule has 0 aliphatic heterocycles. The van der Waals surface area contributed by atoms with Crippen molar-refractivity contribution in [1.82, 2.24) is 4.98 Å². The van der Waals surface area contributed by atoms with Gasteiger partial charge >= 0.3 is 0 Å². The molecule has 2 heteroatoms. The highest BCUT2D eigenvalue weighted by molar-refractivity contribution is 5.34. The average molecular weight is 166 g/mol. The van der Waals surface area contributed by atoms with Gasteiger partial charge in [-0.25, -0.2) is 4.98 Å². The van der Waals surface area contributed by atoms with Crippen LogP contribution < -0.4 is 5.32 Å². The molecule has 0 radical (unpaired) electrons. The molecule has 0 aliphatic carbocycles. The molecule has 0 aromatic carbocycles. The summed E-state index contributed by atoms with van der Waals surface area (Å²) < 4.78 is 0. The van der Waals surface area contributed by atoms with Crippen LogP contribution in [0.25, 0.3) is 0 Å². The van der Waals surface area contributed by atoms with E-state index in [0.29, 0.717) is 0 Å². The maximum absolute atomic E-state index is 4.16. The second-order valence-electron chi connectivity index (χ2n) is 2.16. The van der Waals surface area contributed by atoms with Crippen LogP contribution in [-0.4, -0.2) is 12.0 Å². The number of hydrogen-bond donors (Lipinski definition) is 1. The zero-order valence-electron chi connectivity index (χ0n) is 8.39. The lowest BCUT2D eigenvalue weighted by Crippen LogP contribution is -1.91. The third-order valence-corrected chi connectivity index (χ3v) is 1.49. The maximum Gasteiger partial charge on any atom is 0.125 e. The zero-order chi connectivity index (χ0) is 9.40. The van der Waals surface area contributed by atoms with Gasteiger partial charge in [0.15, 0.2) is 0 Å². The molecule has 1 aromatic heterocycles. The predicted molar refractivity (Wildman–Crippen MR) is 54.5 cm³/mol. The Bertz CT molecular complexity index is 168. The van der Waals surface area contributed by atoms with Crippen molar-refractivity contribution >= 4 is 5.82 Å². The van der Waals surface area contributed by atoms with Crippen LogP contribution >= 0.6 is 0 Å². The third-order valence-electron chi connectivity index (χ3n) is 1.49. The normalized spacial score (nSPS) is 8.33. The summed E-state index contributed by atoms with van der Waals surface area (Å²) in [7, 11) is 1.87.